The molecule has 0 radical (unpaired) electrons. The third kappa shape index (κ3) is 3.70. The van der Waals surface area contributed by atoms with Gasteiger partial charge in [0.05, 0.1) is 6.04 Å². The quantitative estimate of drug-likeness (QED) is 0.763. The second-order valence-electron chi connectivity index (χ2n) is 6.57. The molecule has 8 heteroatoms. The smallest absolute Gasteiger partial charge is 0.251 e. The van der Waals surface area contributed by atoms with E-state index in [1.807, 2.05) is 19.2 Å². The normalized spacial score (nSPS) is 19.9. The lowest BCUT2D eigenvalue weighted by molar-refractivity contribution is 0.0938. The van der Waals surface area contributed by atoms with E-state index in [-0.39, 0.29) is 23.8 Å². The van der Waals surface area contributed by atoms with Gasteiger partial charge in [-0.3, -0.25) is 14.7 Å². The number of likely N-dealkylation sites (N-methyl/N-ethyl adjacent to an activating group) is 1. The molecule has 27 heavy (non-hydrogen) atoms. The Bertz CT molecular complexity index is 929. The van der Waals surface area contributed by atoms with Gasteiger partial charge in [-0.1, -0.05) is 5.16 Å². The molecule has 1 aromatic carbocycles. The van der Waals surface area contributed by atoms with E-state index >= 15 is 0 Å². The average Bonchev–Trinajstić information content (AvgIpc) is 3.29. The Balaban J connectivity index is 1.43. The van der Waals surface area contributed by atoms with E-state index in [0.29, 0.717) is 30.2 Å². The molecule has 1 N–H and O–H groups in total. The number of nitrogens with zero attached hydrogens (tertiary/aromatic N) is 4. The lowest BCUT2D eigenvalue weighted by Crippen LogP contribution is -2.36. The highest BCUT2D eigenvalue weighted by Gasteiger charge is 2.35. The first-order chi connectivity index (χ1) is 13.1. The average molecular weight is 367 g/mol. The lowest BCUT2D eigenvalue weighted by atomic mass is 10.1. The molecule has 7 nitrogen and oxygen atoms in total. The molecular formula is C19H18FN5O2. The van der Waals surface area contributed by atoms with Gasteiger partial charge in [0.2, 0.25) is 11.7 Å². The number of hydrogen-bond donors (Lipinski definition) is 1. The molecule has 1 aliphatic heterocycles. The van der Waals surface area contributed by atoms with E-state index in [1.54, 1.807) is 12.4 Å². The molecule has 0 aliphatic carbocycles. The van der Waals surface area contributed by atoms with Crippen LogP contribution in [0, 0.1) is 5.82 Å². The number of amides is 1. The Morgan fingerprint density at radius 3 is 2.85 bits per heavy atom. The molecule has 2 atom stereocenters. The number of carbonyl (C=O) groups is 1. The van der Waals surface area contributed by atoms with Crippen LogP contribution in [0.25, 0.3) is 11.4 Å². The number of rotatable bonds is 4. The Morgan fingerprint density at radius 1 is 1.30 bits per heavy atom. The highest BCUT2D eigenvalue weighted by Crippen LogP contribution is 2.30. The molecule has 1 fully saturated rings. The van der Waals surface area contributed by atoms with Crippen LogP contribution in [0.5, 0.6) is 0 Å². The second kappa shape index (κ2) is 7.24. The lowest BCUT2D eigenvalue weighted by Gasteiger charge is -2.14. The minimum atomic E-state index is -0.368. The number of pyridine rings is 1. The van der Waals surface area contributed by atoms with Crippen LogP contribution in [0.4, 0.5) is 4.39 Å². The zero-order chi connectivity index (χ0) is 18.8. The molecule has 0 saturated carbocycles. The summed E-state index contributed by atoms with van der Waals surface area (Å²) < 4.78 is 18.4. The summed E-state index contributed by atoms with van der Waals surface area (Å²) in [6.07, 6.45) is 4.01. The van der Waals surface area contributed by atoms with Crippen LogP contribution in [0.3, 0.4) is 0 Å². The predicted octanol–water partition coefficient (Wildman–Crippen LogP) is 2.45. The fourth-order valence-corrected chi connectivity index (χ4v) is 3.25. The first-order valence-corrected chi connectivity index (χ1v) is 8.61. The fourth-order valence-electron chi connectivity index (χ4n) is 3.25. The summed E-state index contributed by atoms with van der Waals surface area (Å²) in [5.74, 6) is 0.406. The summed E-state index contributed by atoms with van der Waals surface area (Å²) in [5.41, 5.74) is 1.22. The summed E-state index contributed by atoms with van der Waals surface area (Å²) in [7, 11) is 1.95. The van der Waals surface area contributed by atoms with Crippen molar-refractivity contribution in [1.82, 2.24) is 25.3 Å². The molecule has 4 rings (SSSR count). The maximum Gasteiger partial charge on any atom is 0.251 e. The minimum absolute atomic E-state index is 0.0636. The van der Waals surface area contributed by atoms with Crippen LogP contribution < -0.4 is 5.32 Å². The minimum Gasteiger partial charge on any atom is -0.348 e. The molecule has 1 aliphatic rings. The zero-order valence-corrected chi connectivity index (χ0v) is 14.7. The van der Waals surface area contributed by atoms with Gasteiger partial charge in [-0.2, -0.15) is 4.98 Å². The molecule has 3 heterocycles. The molecule has 1 saturated heterocycles. The molecule has 0 bridgehead atoms. The van der Waals surface area contributed by atoms with Crippen molar-refractivity contribution in [2.45, 2.75) is 18.5 Å². The van der Waals surface area contributed by atoms with Gasteiger partial charge in [-0.15, -0.1) is 0 Å². The van der Waals surface area contributed by atoms with E-state index in [1.165, 1.54) is 24.3 Å². The summed E-state index contributed by atoms with van der Waals surface area (Å²) >= 11 is 0. The van der Waals surface area contributed by atoms with Crippen LogP contribution in [0.2, 0.25) is 0 Å². The van der Waals surface area contributed by atoms with Crippen molar-refractivity contribution in [3.63, 3.8) is 0 Å². The first-order valence-electron chi connectivity index (χ1n) is 8.61. The molecule has 0 unspecified atom stereocenters. The summed E-state index contributed by atoms with van der Waals surface area (Å²) in [4.78, 5) is 22.9. The standard InChI is InChI=1S/C19H18FN5O2/c1-25-11-15(22-18(26)12-4-6-14(20)7-5-12)9-16(25)19-23-17(24-27-19)13-3-2-8-21-10-13/h2-8,10,15-16H,9,11H2,1H3,(H,22,26)/t15-,16-/m0/s1. The van der Waals surface area contributed by atoms with Crippen molar-refractivity contribution in [2.24, 2.45) is 0 Å². The topological polar surface area (TPSA) is 84.2 Å². The maximum atomic E-state index is 13.0. The number of carbonyl (C=O) groups excluding carboxylic acids is 1. The molecular weight excluding hydrogens is 349 g/mol. The number of halogens is 1. The van der Waals surface area contributed by atoms with Gasteiger partial charge in [-0.25, -0.2) is 4.39 Å². The van der Waals surface area contributed by atoms with E-state index < -0.39 is 0 Å². The number of nitrogens with one attached hydrogen (secondary N) is 1. The third-order valence-corrected chi connectivity index (χ3v) is 4.64. The van der Waals surface area contributed by atoms with Crippen LogP contribution in [0.15, 0.2) is 53.3 Å². The molecule has 2 aromatic heterocycles. The van der Waals surface area contributed by atoms with Crippen molar-refractivity contribution in [3.05, 3.63) is 66.1 Å². The van der Waals surface area contributed by atoms with Crippen molar-refractivity contribution >= 4 is 5.91 Å². The number of benzene rings is 1. The van der Waals surface area contributed by atoms with E-state index in [4.69, 9.17) is 4.52 Å². The predicted molar refractivity (Wildman–Crippen MR) is 95.2 cm³/mol. The van der Waals surface area contributed by atoms with Gasteiger partial charge in [-0.05, 0) is 49.9 Å². The summed E-state index contributed by atoms with van der Waals surface area (Å²) in [5, 5.41) is 7.01. The fraction of sp³-hybridized carbons (Fsp3) is 0.263. The Morgan fingerprint density at radius 2 is 2.11 bits per heavy atom. The van der Waals surface area contributed by atoms with Gasteiger partial charge in [0.1, 0.15) is 5.82 Å². The number of aromatic nitrogens is 3. The maximum absolute atomic E-state index is 13.0. The number of likely N-dealkylation sites (tertiary alicyclic amines) is 1. The largest absolute Gasteiger partial charge is 0.348 e. The highest BCUT2D eigenvalue weighted by molar-refractivity contribution is 5.94. The molecule has 0 spiro atoms. The van der Waals surface area contributed by atoms with Gasteiger partial charge >= 0.3 is 0 Å². The summed E-state index contributed by atoms with van der Waals surface area (Å²) in [6, 6.07) is 9.03. The highest BCUT2D eigenvalue weighted by atomic mass is 19.1. The Kier molecular flexibility index (Phi) is 4.64. The molecule has 138 valence electrons. The van der Waals surface area contributed by atoms with E-state index in [9.17, 15) is 9.18 Å². The van der Waals surface area contributed by atoms with Gasteiger partial charge < -0.3 is 9.84 Å². The Labute approximate surface area is 155 Å². The van der Waals surface area contributed by atoms with Crippen LogP contribution >= 0.6 is 0 Å². The molecule has 1 amide bonds. The first kappa shape index (κ1) is 17.3. The molecule has 3 aromatic rings. The van der Waals surface area contributed by atoms with Crippen molar-refractivity contribution < 1.29 is 13.7 Å². The summed E-state index contributed by atoms with van der Waals surface area (Å²) in [6.45, 7) is 0.655. The Hall–Kier alpha value is -3.13. The van der Waals surface area contributed by atoms with E-state index in [0.717, 1.165) is 5.56 Å². The zero-order valence-electron chi connectivity index (χ0n) is 14.7. The van der Waals surface area contributed by atoms with Crippen molar-refractivity contribution in [2.75, 3.05) is 13.6 Å². The number of hydrogen-bond acceptors (Lipinski definition) is 6. The van der Waals surface area contributed by atoms with Crippen LogP contribution in [-0.4, -0.2) is 45.6 Å². The second-order valence-corrected chi connectivity index (χ2v) is 6.57. The van der Waals surface area contributed by atoms with Crippen LogP contribution in [0.1, 0.15) is 28.7 Å². The van der Waals surface area contributed by atoms with Crippen molar-refractivity contribution in [1.29, 1.82) is 0 Å². The van der Waals surface area contributed by atoms with Crippen LogP contribution in [-0.2, 0) is 0 Å². The third-order valence-electron chi connectivity index (χ3n) is 4.64. The van der Waals surface area contributed by atoms with Gasteiger partial charge in [0.15, 0.2) is 0 Å². The van der Waals surface area contributed by atoms with Gasteiger partial charge in [0.25, 0.3) is 5.91 Å². The van der Waals surface area contributed by atoms with E-state index in [2.05, 4.69) is 25.3 Å². The van der Waals surface area contributed by atoms with Crippen molar-refractivity contribution in [3.8, 4) is 11.4 Å². The van der Waals surface area contributed by atoms with Gasteiger partial charge in [0, 0.05) is 36.1 Å². The SMILES string of the molecule is CN1C[C@@H](NC(=O)c2ccc(F)cc2)C[C@H]1c1nc(-c2cccnc2)no1. The monoisotopic (exact) mass is 367 g/mol.